The van der Waals surface area contributed by atoms with Gasteiger partial charge in [0.2, 0.25) is 0 Å². The van der Waals surface area contributed by atoms with E-state index in [0.29, 0.717) is 5.84 Å². The number of Topliss-reactive ketones (excluding diaryl/α,β-unsaturated/α-hetero) is 1. The Labute approximate surface area is 47.1 Å². The fourth-order valence-electron chi connectivity index (χ4n) is 0.439. The van der Waals surface area contributed by atoms with Gasteiger partial charge in [0, 0.05) is 0 Å². The summed E-state index contributed by atoms with van der Waals surface area (Å²) < 4.78 is 0. The van der Waals surface area contributed by atoms with Gasteiger partial charge in [0.1, 0.15) is 12.4 Å². The van der Waals surface area contributed by atoms with Crippen LogP contribution < -0.4 is 0 Å². The molecule has 3 heteroatoms. The second kappa shape index (κ2) is 1.86. The fraction of sp³-hybridized carbons (Fsp3) is 0.400. The second-order valence-electron chi connectivity index (χ2n) is 1.59. The van der Waals surface area contributed by atoms with Gasteiger partial charge in [-0.05, 0) is 6.92 Å². The van der Waals surface area contributed by atoms with Crippen LogP contribution in [-0.2, 0) is 4.79 Å². The molecule has 1 aliphatic rings. The largest absolute Gasteiger partial charge is 0.291 e. The molecule has 0 atom stereocenters. The van der Waals surface area contributed by atoms with E-state index in [4.69, 9.17) is 0 Å². The lowest BCUT2D eigenvalue weighted by molar-refractivity contribution is -0.111. The van der Waals surface area contributed by atoms with Gasteiger partial charge in [0.15, 0.2) is 5.78 Å². The zero-order chi connectivity index (χ0) is 5.98. The Balaban J connectivity index is 2.71. The molecule has 1 heterocycles. The van der Waals surface area contributed by atoms with Crippen LogP contribution in [0.15, 0.2) is 9.98 Å². The summed E-state index contributed by atoms with van der Waals surface area (Å²) in [5, 5.41) is 0. The number of nitrogens with zero attached hydrogens (tertiary/aromatic N) is 2. The highest BCUT2D eigenvalue weighted by atomic mass is 16.1. The van der Waals surface area contributed by atoms with Crippen LogP contribution >= 0.6 is 0 Å². The number of hydrogen-bond donors (Lipinski definition) is 0. The number of ketones is 1. The van der Waals surface area contributed by atoms with E-state index in [9.17, 15) is 4.79 Å². The van der Waals surface area contributed by atoms with Crippen molar-refractivity contribution in [3.05, 3.63) is 0 Å². The van der Waals surface area contributed by atoms with Crippen molar-refractivity contribution in [3.8, 4) is 0 Å². The molecule has 42 valence electrons. The van der Waals surface area contributed by atoms with E-state index in [1.54, 1.807) is 6.92 Å². The summed E-state index contributed by atoms with van der Waals surface area (Å²) in [5.74, 6) is 0.667. The molecule has 0 aromatic heterocycles. The van der Waals surface area contributed by atoms with Gasteiger partial charge in [-0.3, -0.25) is 9.79 Å². The van der Waals surface area contributed by atoms with E-state index in [0.717, 1.165) is 0 Å². The molecule has 0 unspecified atom stereocenters. The normalized spacial score (nSPS) is 18.6. The standard InChI is InChI=1S/C5H6N2O/c1-4-6-2-5(8)3-7-4/h2H,3H2,1H3. The third-order valence-electron chi connectivity index (χ3n) is 0.859. The van der Waals surface area contributed by atoms with Gasteiger partial charge in [0.05, 0.1) is 6.21 Å². The molecule has 0 aliphatic carbocycles. The smallest absolute Gasteiger partial charge is 0.195 e. The molecular weight excluding hydrogens is 104 g/mol. The predicted molar refractivity (Wildman–Crippen MR) is 31.5 cm³/mol. The van der Waals surface area contributed by atoms with Crippen LogP contribution in [0, 0.1) is 0 Å². The first-order valence-electron chi connectivity index (χ1n) is 2.37. The summed E-state index contributed by atoms with van der Waals surface area (Å²) in [6, 6.07) is 0. The lowest BCUT2D eigenvalue weighted by Crippen LogP contribution is -2.10. The van der Waals surface area contributed by atoms with Crippen LogP contribution in [0.2, 0.25) is 0 Å². The summed E-state index contributed by atoms with van der Waals surface area (Å²) in [5.41, 5.74) is 0. The molecular formula is C5H6N2O. The van der Waals surface area contributed by atoms with Crippen LogP contribution in [-0.4, -0.2) is 24.4 Å². The minimum atomic E-state index is -0.0180. The van der Waals surface area contributed by atoms with Gasteiger partial charge in [-0.1, -0.05) is 0 Å². The van der Waals surface area contributed by atoms with Gasteiger partial charge in [0.25, 0.3) is 0 Å². The van der Waals surface area contributed by atoms with E-state index >= 15 is 0 Å². The first-order valence-corrected chi connectivity index (χ1v) is 2.37. The van der Waals surface area contributed by atoms with Crippen molar-refractivity contribution < 1.29 is 4.79 Å². The Morgan fingerprint density at radius 2 is 2.50 bits per heavy atom. The van der Waals surface area contributed by atoms with E-state index in [1.807, 2.05) is 0 Å². The fourth-order valence-corrected chi connectivity index (χ4v) is 0.439. The van der Waals surface area contributed by atoms with E-state index in [-0.39, 0.29) is 12.3 Å². The minimum Gasteiger partial charge on any atom is -0.291 e. The van der Waals surface area contributed by atoms with Crippen LogP contribution in [0.3, 0.4) is 0 Å². The molecule has 0 N–H and O–H groups in total. The van der Waals surface area contributed by atoms with Crippen molar-refractivity contribution in [2.24, 2.45) is 9.98 Å². The van der Waals surface area contributed by atoms with Crippen LogP contribution in [0.1, 0.15) is 6.92 Å². The van der Waals surface area contributed by atoms with E-state index in [2.05, 4.69) is 9.98 Å². The third kappa shape index (κ3) is 0.992. The van der Waals surface area contributed by atoms with Gasteiger partial charge in [-0.2, -0.15) is 0 Å². The highest BCUT2D eigenvalue weighted by molar-refractivity contribution is 6.31. The molecule has 0 saturated heterocycles. The van der Waals surface area contributed by atoms with E-state index in [1.165, 1.54) is 6.21 Å². The molecule has 1 aliphatic heterocycles. The quantitative estimate of drug-likeness (QED) is 0.434. The summed E-state index contributed by atoms with van der Waals surface area (Å²) in [6.45, 7) is 2.04. The lowest BCUT2D eigenvalue weighted by Gasteiger charge is -1.95. The lowest BCUT2D eigenvalue weighted by atomic mass is 10.4. The molecule has 0 spiro atoms. The van der Waals surface area contributed by atoms with Gasteiger partial charge < -0.3 is 0 Å². The van der Waals surface area contributed by atoms with Gasteiger partial charge >= 0.3 is 0 Å². The molecule has 0 amide bonds. The Hall–Kier alpha value is -0.990. The average Bonchev–Trinajstić information content (AvgIpc) is 1.77. The van der Waals surface area contributed by atoms with Crippen molar-refractivity contribution in [2.45, 2.75) is 6.92 Å². The summed E-state index contributed by atoms with van der Waals surface area (Å²) >= 11 is 0. The molecule has 0 fully saturated rings. The maximum atomic E-state index is 10.4. The van der Waals surface area contributed by atoms with Crippen LogP contribution in [0.5, 0.6) is 0 Å². The number of carbonyl (C=O) groups excluding carboxylic acids is 1. The zero-order valence-corrected chi connectivity index (χ0v) is 4.59. The molecule has 1 rings (SSSR count). The topological polar surface area (TPSA) is 41.8 Å². The average molecular weight is 110 g/mol. The van der Waals surface area contributed by atoms with Crippen molar-refractivity contribution in [1.29, 1.82) is 0 Å². The molecule has 0 radical (unpaired) electrons. The highest BCUT2D eigenvalue weighted by Gasteiger charge is 1.99. The first-order chi connectivity index (χ1) is 3.79. The maximum absolute atomic E-state index is 10.4. The summed E-state index contributed by atoms with van der Waals surface area (Å²) in [7, 11) is 0. The highest BCUT2D eigenvalue weighted by Crippen LogP contribution is 1.86. The number of aliphatic imine (C=N–C) groups is 2. The van der Waals surface area contributed by atoms with Crippen molar-refractivity contribution in [3.63, 3.8) is 0 Å². The molecule has 0 bridgehead atoms. The molecule has 0 aromatic rings. The van der Waals surface area contributed by atoms with Crippen molar-refractivity contribution in [2.75, 3.05) is 6.54 Å². The number of rotatable bonds is 0. The monoisotopic (exact) mass is 110 g/mol. The molecule has 8 heavy (non-hydrogen) atoms. The van der Waals surface area contributed by atoms with Gasteiger partial charge in [-0.25, -0.2) is 4.99 Å². The zero-order valence-electron chi connectivity index (χ0n) is 4.59. The third-order valence-corrected chi connectivity index (χ3v) is 0.859. The second-order valence-corrected chi connectivity index (χ2v) is 1.59. The Bertz CT molecular complexity index is 167. The number of amidine groups is 1. The van der Waals surface area contributed by atoms with Crippen molar-refractivity contribution in [1.82, 2.24) is 0 Å². The number of carbonyl (C=O) groups is 1. The Kier molecular flexibility index (Phi) is 1.20. The minimum absolute atomic E-state index is 0.0180. The van der Waals surface area contributed by atoms with Gasteiger partial charge in [-0.15, -0.1) is 0 Å². The first kappa shape index (κ1) is 5.15. The van der Waals surface area contributed by atoms with E-state index < -0.39 is 0 Å². The summed E-state index contributed by atoms with van der Waals surface area (Å²) in [4.78, 5) is 17.8. The molecule has 0 aromatic carbocycles. The van der Waals surface area contributed by atoms with Crippen LogP contribution in [0.4, 0.5) is 0 Å². The molecule has 3 nitrogen and oxygen atoms in total. The predicted octanol–water partition coefficient (Wildman–Crippen LogP) is 0.0583. The maximum Gasteiger partial charge on any atom is 0.195 e. The molecule has 0 saturated carbocycles. The Morgan fingerprint density at radius 3 is 2.88 bits per heavy atom. The Morgan fingerprint density at radius 1 is 1.75 bits per heavy atom. The number of hydrogen-bond acceptors (Lipinski definition) is 3. The SMILES string of the molecule is CC1=NCC(=O)C=N1. The van der Waals surface area contributed by atoms with Crippen LogP contribution in [0.25, 0.3) is 0 Å². The van der Waals surface area contributed by atoms with Crippen molar-refractivity contribution >= 4 is 17.8 Å². The summed E-state index contributed by atoms with van der Waals surface area (Å²) in [6.07, 6.45) is 1.31.